The summed E-state index contributed by atoms with van der Waals surface area (Å²) in [5, 5.41) is 3.31. The third kappa shape index (κ3) is 3.27. The first-order chi connectivity index (χ1) is 12.6. The number of amides is 3. The predicted octanol–water partition coefficient (Wildman–Crippen LogP) is 3.14. The van der Waals surface area contributed by atoms with Crippen LogP contribution in [0.2, 0.25) is 0 Å². The highest BCUT2D eigenvalue weighted by Gasteiger charge is 2.27. The summed E-state index contributed by atoms with van der Waals surface area (Å²) in [6.07, 6.45) is 1.50. The number of aromatic nitrogens is 2. The molecule has 3 aromatic rings. The van der Waals surface area contributed by atoms with Crippen LogP contribution >= 0.6 is 23.1 Å². The molecule has 0 spiro atoms. The lowest BCUT2D eigenvalue weighted by Crippen LogP contribution is -2.32. The van der Waals surface area contributed by atoms with Crippen molar-refractivity contribution in [2.75, 3.05) is 18.8 Å². The van der Waals surface area contributed by atoms with E-state index >= 15 is 0 Å². The Bertz CT molecular complexity index is 974. The molecule has 1 aliphatic rings. The van der Waals surface area contributed by atoms with Gasteiger partial charge in [-0.3, -0.25) is 9.69 Å². The van der Waals surface area contributed by atoms with Crippen molar-refractivity contribution in [2.45, 2.75) is 5.03 Å². The smallest absolute Gasteiger partial charge is 0.324 e. The van der Waals surface area contributed by atoms with Crippen molar-refractivity contribution < 1.29 is 14.0 Å². The highest BCUT2D eigenvalue weighted by Crippen LogP contribution is 2.36. The molecule has 0 atom stereocenters. The van der Waals surface area contributed by atoms with Gasteiger partial charge in [0.15, 0.2) is 0 Å². The Kier molecular flexibility index (Phi) is 4.56. The van der Waals surface area contributed by atoms with E-state index in [9.17, 15) is 14.0 Å². The molecule has 6 nitrogen and oxygen atoms in total. The Morgan fingerprint density at radius 3 is 2.77 bits per heavy atom. The van der Waals surface area contributed by atoms with Gasteiger partial charge in [-0.25, -0.2) is 19.2 Å². The highest BCUT2D eigenvalue weighted by atomic mass is 32.2. The van der Waals surface area contributed by atoms with E-state index in [0.717, 1.165) is 25.7 Å². The van der Waals surface area contributed by atoms with Gasteiger partial charge in [0.1, 0.15) is 17.2 Å². The topological polar surface area (TPSA) is 75.2 Å². The average molecular weight is 388 g/mol. The third-order valence-electron chi connectivity index (χ3n) is 3.90. The van der Waals surface area contributed by atoms with Crippen LogP contribution in [0.3, 0.4) is 0 Å². The monoisotopic (exact) mass is 388 g/mol. The molecule has 26 heavy (non-hydrogen) atoms. The first-order valence-electron chi connectivity index (χ1n) is 7.83. The molecule has 1 N–H and O–H groups in total. The van der Waals surface area contributed by atoms with Crippen LogP contribution in [-0.2, 0) is 4.79 Å². The Morgan fingerprint density at radius 2 is 2.04 bits per heavy atom. The van der Waals surface area contributed by atoms with Crippen LogP contribution in [0.15, 0.2) is 41.7 Å². The number of nitrogens with zero attached hydrogens (tertiary/aromatic N) is 3. The number of carbonyl (C=O) groups is 2. The Morgan fingerprint density at radius 1 is 1.23 bits per heavy atom. The number of halogens is 1. The molecular weight excluding hydrogens is 375 g/mol. The number of carbonyl (C=O) groups excluding carboxylic acids is 2. The third-order valence-corrected chi connectivity index (χ3v) is 6.18. The fraction of sp³-hybridized carbons (Fsp3) is 0.176. The van der Waals surface area contributed by atoms with Gasteiger partial charge in [0.05, 0.1) is 16.8 Å². The van der Waals surface area contributed by atoms with Gasteiger partial charge in [-0.2, -0.15) is 0 Å². The summed E-state index contributed by atoms with van der Waals surface area (Å²) in [4.78, 5) is 34.0. The van der Waals surface area contributed by atoms with E-state index in [4.69, 9.17) is 0 Å². The number of benzene rings is 1. The lowest BCUT2D eigenvalue weighted by molar-refractivity contribution is -0.124. The molecule has 0 unspecified atom stereocenters. The largest absolute Gasteiger partial charge is 0.329 e. The first kappa shape index (κ1) is 16.9. The number of imide groups is 1. The molecule has 0 aliphatic carbocycles. The molecule has 2 aromatic heterocycles. The lowest BCUT2D eigenvalue weighted by atomic mass is 10.2. The predicted molar refractivity (Wildman–Crippen MR) is 98.6 cm³/mol. The van der Waals surface area contributed by atoms with Gasteiger partial charge in [-0.15, -0.1) is 23.1 Å². The summed E-state index contributed by atoms with van der Waals surface area (Å²) in [6.45, 7) is 0.393. The van der Waals surface area contributed by atoms with E-state index < -0.39 is 0 Å². The fourth-order valence-electron chi connectivity index (χ4n) is 2.61. The van der Waals surface area contributed by atoms with Crippen LogP contribution in [0, 0.1) is 5.82 Å². The van der Waals surface area contributed by atoms with E-state index in [0.29, 0.717) is 12.3 Å². The summed E-state index contributed by atoms with van der Waals surface area (Å²) < 4.78 is 14.1. The second kappa shape index (κ2) is 7.00. The Labute approximate surface area is 156 Å². The van der Waals surface area contributed by atoms with Crippen LogP contribution in [0.5, 0.6) is 0 Å². The first-order valence-corrected chi connectivity index (χ1v) is 9.63. The number of hydrogen-bond acceptors (Lipinski definition) is 6. The summed E-state index contributed by atoms with van der Waals surface area (Å²) in [7, 11) is 0. The number of nitrogens with one attached hydrogen (secondary N) is 1. The van der Waals surface area contributed by atoms with Crippen LogP contribution in [0.25, 0.3) is 20.7 Å². The molecule has 0 bridgehead atoms. The van der Waals surface area contributed by atoms with Crippen molar-refractivity contribution in [3.63, 3.8) is 0 Å². The van der Waals surface area contributed by atoms with Gasteiger partial charge >= 0.3 is 6.03 Å². The molecule has 132 valence electrons. The standard InChI is InChI=1S/C17H13FN4O2S2/c18-11-3-1-10(2-4-11)13-7-12-15(26-13)16(21-9-20-12)25-6-5-22-14(23)8-19-17(22)24/h1-4,7,9H,5-6,8H2,(H,19,24). The molecule has 4 rings (SSSR count). The maximum atomic E-state index is 13.1. The van der Waals surface area contributed by atoms with Gasteiger partial charge < -0.3 is 5.32 Å². The van der Waals surface area contributed by atoms with Crippen molar-refractivity contribution in [3.8, 4) is 10.4 Å². The second-order valence-electron chi connectivity index (χ2n) is 5.56. The van der Waals surface area contributed by atoms with Crippen molar-refractivity contribution in [3.05, 3.63) is 42.5 Å². The molecule has 1 saturated heterocycles. The zero-order chi connectivity index (χ0) is 18.1. The van der Waals surface area contributed by atoms with Crippen LogP contribution in [-0.4, -0.2) is 45.6 Å². The number of thiophene rings is 1. The average Bonchev–Trinajstić information content (AvgIpc) is 3.21. The van der Waals surface area contributed by atoms with Crippen LogP contribution in [0.4, 0.5) is 9.18 Å². The summed E-state index contributed by atoms with van der Waals surface area (Å²) >= 11 is 3.02. The summed E-state index contributed by atoms with van der Waals surface area (Å²) in [5.74, 6) is 0.0687. The van der Waals surface area contributed by atoms with Crippen molar-refractivity contribution in [1.29, 1.82) is 0 Å². The van der Waals surface area contributed by atoms with E-state index in [-0.39, 0.29) is 24.3 Å². The van der Waals surface area contributed by atoms with Crippen molar-refractivity contribution >= 4 is 45.3 Å². The van der Waals surface area contributed by atoms with Gasteiger partial charge in [0, 0.05) is 17.2 Å². The number of rotatable bonds is 5. The maximum Gasteiger partial charge on any atom is 0.324 e. The minimum Gasteiger partial charge on any atom is -0.329 e. The van der Waals surface area contributed by atoms with E-state index in [1.165, 1.54) is 46.5 Å². The number of fused-ring (bicyclic) bond motifs is 1. The molecule has 1 aliphatic heterocycles. The van der Waals surface area contributed by atoms with Crippen molar-refractivity contribution in [2.24, 2.45) is 0 Å². The number of thioether (sulfide) groups is 1. The zero-order valence-electron chi connectivity index (χ0n) is 13.4. The molecular formula is C17H13FN4O2S2. The highest BCUT2D eigenvalue weighted by molar-refractivity contribution is 7.99. The molecule has 1 aromatic carbocycles. The summed E-state index contributed by atoms with van der Waals surface area (Å²) in [5.41, 5.74) is 1.74. The van der Waals surface area contributed by atoms with E-state index in [1.54, 1.807) is 12.1 Å². The number of urea groups is 1. The Hall–Kier alpha value is -2.52. The minimum absolute atomic E-state index is 0.0627. The SMILES string of the molecule is O=C1CNC(=O)N1CCSc1ncnc2cc(-c3ccc(F)cc3)sc12. The molecule has 9 heteroatoms. The number of hydrogen-bond donors (Lipinski definition) is 1. The maximum absolute atomic E-state index is 13.1. The zero-order valence-corrected chi connectivity index (χ0v) is 15.1. The quantitative estimate of drug-likeness (QED) is 0.413. The van der Waals surface area contributed by atoms with Crippen LogP contribution in [0.1, 0.15) is 0 Å². The van der Waals surface area contributed by atoms with E-state index in [1.807, 2.05) is 6.07 Å². The molecule has 1 fully saturated rings. The summed E-state index contributed by atoms with van der Waals surface area (Å²) in [6, 6.07) is 7.93. The normalized spacial score (nSPS) is 14.3. The fourth-order valence-corrected chi connectivity index (χ4v) is 4.73. The lowest BCUT2D eigenvalue weighted by Gasteiger charge is -2.11. The van der Waals surface area contributed by atoms with Crippen molar-refractivity contribution in [1.82, 2.24) is 20.2 Å². The van der Waals surface area contributed by atoms with Gasteiger partial charge in [0.2, 0.25) is 5.91 Å². The second-order valence-corrected chi connectivity index (χ2v) is 7.70. The van der Waals surface area contributed by atoms with Gasteiger partial charge in [0.25, 0.3) is 0 Å². The molecule has 3 heterocycles. The Balaban J connectivity index is 1.53. The van der Waals surface area contributed by atoms with Gasteiger partial charge in [-0.05, 0) is 23.8 Å². The minimum atomic E-state index is -0.349. The molecule has 0 radical (unpaired) electrons. The van der Waals surface area contributed by atoms with Crippen LogP contribution < -0.4 is 5.32 Å². The van der Waals surface area contributed by atoms with E-state index in [2.05, 4.69) is 15.3 Å². The molecule has 0 saturated carbocycles. The molecule has 3 amide bonds. The van der Waals surface area contributed by atoms with Gasteiger partial charge in [-0.1, -0.05) is 12.1 Å².